The summed E-state index contributed by atoms with van der Waals surface area (Å²) < 4.78 is 2.00. The Labute approximate surface area is 159 Å². The van der Waals surface area contributed by atoms with Crippen molar-refractivity contribution < 1.29 is 4.79 Å². The van der Waals surface area contributed by atoms with Gasteiger partial charge in [0, 0.05) is 18.8 Å². The van der Waals surface area contributed by atoms with Gasteiger partial charge in [-0.15, -0.1) is 0 Å². The van der Waals surface area contributed by atoms with Crippen LogP contribution in [-0.2, 0) is 6.54 Å². The van der Waals surface area contributed by atoms with Crippen LogP contribution in [0.4, 0.5) is 0 Å². The minimum atomic E-state index is -0.0898. The molecular formula is C21H25N5O. The third kappa shape index (κ3) is 4.34. The number of pyridine rings is 1. The fraction of sp³-hybridized carbons (Fsp3) is 0.381. The summed E-state index contributed by atoms with van der Waals surface area (Å²) in [6.45, 7) is 2.40. The molecular weight excluding hydrogens is 338 g/mol. The van der Waals surface area contributed by atoms with Crippen molar-refractivity contribution in [2.45, 2.75) is 38.3 Å². The molecule has 27 heavy (non-hydrogen) atoms. The van der Waals surface area contributed by atoms with Gasteiger partial charge < -0.3 is 15.2 Å². The fourth-order valence-electron chi connectivity index (χ4n) is 3.56. The number of carbonyl (C=O) groups excluding carboxylic acids is 1. The van der Waals surface area contributed by atoms with Crippen LogP contribution in [-0.4, -0.2) is 39.6 Å². The Balaban J connectivity index is 1.43. The summed E-state index contributed by atoms with van der Waals surface area (Å²) in [5, 5.41) is 6.53. The van der Waals surface area contributed by atoms with Gasteiger partial charge in [0.2, 0.25) is 0 Å². The van der Waals surface area contributed by atoms with Crippen molar-refractivity contribution in [3.63, 3.8) is 0 Å². The molecule has 1 aliphatic rings. The first-order valence-electron chi connectivity index (χ1n) is 9.66. The third-order valence-corrected chi connectivity index (χ3v) is 5.08. The SMILES string of the molecule is O=C(NCC1CCCCCN1)c1cnc2c(c1)ncn2Cc1ccccc1. The summed E-state index contributed by atoms with van der Waals surface area (Å²) in [7, 11) is 0. The second-order valence-corrected chi connectivity index (χ2v) is 7.14. The van der Waals surface area contributed by atoms with Crippen molar-refractivity contribution >= 4 is 17.1 Å². The van der Waals surface area contributed by atoms with Crippen LogP contribution >= 0.6 is 0 Å². The standard InChI is InChI=1S/C21H25N5O/c27-21(24-13-18-9-5-2-6-10-22-18)17-11-19-20(23-12-17)26(15-25-19)14-16-7-3-1-4-8-16/h1,3-4,7-8,11-12,15,18,22H,2,5-6,9-10,13-14H2,(H,24,27). The molecule has 3 heterocycles. The second kappa shape index (κ2) is 8.31. The maximum atomic E-state index is 12.5. The van der Waals surface area contributed by atoms with Crippen molar-refractivity contribution in [2.24, 2.45) is 0 Å². The van der Waals surface area contributed by atoms with Gasteiger partial charge in [-0.25, -0.2) is 9.97 Å². The maximum Gasteiger partial charge on any atom is 0.252 e. The van der Waals surface area contributed by atoms with Gasteiger partial charge in [0.1, 0.15) is 5.52 Å². The van der Waals surface area contributed by atoms with E-state index in [-0.39, 0.29) is 5.91 Å². The molecule has 2 N–H and O–H groups in total. The van der Waals surface area contributed by atoms with E-state index < -0.39 is 0 Å². The number of benzene rings is 1. The smallest absolute Gasteiger partial charge is 0.252 e. The molecule has 6 heteroatoms. The summed E-state index contributed by atoms with van der Waals surface area (Å²) in [5.41, 5.74) is 3.28. The lowest BCUT2D eigenvalue weighted by atomic mass is 10.1. The average molecular weight is 363 g/mol. The van der Waals surface area contributed by atoms with Gasteiger partial charge in [0.25, 0.3) is 5.91 Å². The summed E-state index contributed by atoms with van der Waals surface area (Å²) >= 11 is 0. The first-order chi connectivity index (χ1) is 13.3. The first-order valence-corrected chi connectivity index (χ1v) is 9.66. The molecule has 4 rings (SSSR count). The molecule has 6 nitrogen and oxygen atoms in total. The highest BCUT2D eigenvalue weighted by Gasteiger charge is 2.15. The number of nitrogens with one attached hydrogen (secondary N) is 2. The quantitative estimate of drug-likeness (QED) is 0.731. The Morgan fingerprint density at radius 1 is 1.19 bits per heavy atom. The second-order valence-electron chi connectivity index (χ2n) is 7.14. The monoisotopic (exact) mass is 363 g/mol. The van der Waals surface area contributed by atoms with E-state index in [9.17, 15) is 4.79 Å². The molecule has 1 aromatic carbocycles. The van der Waals surface area contributed by atoms with Crippen molar-refractivity contribution in [3.8, 4) is 0 Å². The Morgan fingerprint density at radius 3 is 2.96 bits per heavy atom. The Hall–Kier alpha value is -2.73. The predicted octanol–water partition coefficient (Wildman–Crippen LogP) is 2.74. The van der Waals surface area contributed by atoms with Crippen LogP contribution in [0.1, 0.15) is 41.6 Å². The third-order valence-electron chi connectivity index (χ3n) is 5.08. The Bertz CT molecular complexity index is 897. The van der Waals surface area contributed by atoms with Crippen LogP contribution in [0.3, 0.4) is 0 Å². The van der Waals surface area contributed by atoms with Crippen LogP contribution in [0.2, 0.25) is 0 Å². The number of nitrogens with zero attached hydrogens (tertiary/aromatic N) is 3. The largest absolute Gasteiger partial charge is 0.350 e. The van der Waals surface area contributed by atoms with Gasteiger partial charge in [-0.1, -0.05) is 43.2 Å². The van der Waals surface area contributed by atoms with Gasteiger partial charge in [-0.3, -0.25) is 4.79 Å². The number of imidazole rings is 1. The lowest BCUT2D eigenvalue weighted by molar-refractivity contribution is 0.0949. The fourth-order valence-corrected chi connectivity index (χ4v) is 3.56. The van der Waals surface area contributed by atoms with Crippen LogP contribution in [0, 0.1) is 0 Å². The number of aromatic nitrogens is 3. The van der Waals surface area contributed by atoms with Gasteiger partial charge in [-0.2, -0.15) is 0 Å². The molecule has 1 amide bonds. The lowest BCUT2D eigenvalue weighted by Gasteiger charge is -2.16. The molecule has 0 saturated carbocycles. The molecule has 1 aliphatic heterocycles. The number of hydrogen-bond donors (Lipinski definition) is 2. The van der Waals surface area contributed by atoms with Crippen molar-refractivity contribution in [1.29, 1.82) is 0 Å². The van der Waals surface area contributed by atoms with E-state index in [1.54, 1.807) is 12.5 Å². The molecule has 0 aliphatic carbocycles. The zero-order chi connectivity index (χ0) is 18.5. The summed E-state index contributed by atoms with van der Waals surface area (Å²) in [6, 6.07) is 12.4. The normalized spacial score (nSPS) is 17.6. The first kappa shape index (κ1) is 17.7. The van der Waals surface area contributed by atoms with E-state index in [1.165, 1.54) is 24.8 Å². The van der Waals surface area contributed by atoms with Gasteiger partial charge >= 0.3 is 0 Å². The van der Waals surface area contributed by atoms with E-state index >= 15 is 0 Å². The minimum absolute atomic E-state index is 0.0898. The molecule has 1 saturated heterocycles. The lowest BCUT2D eigenvalue weighted by Crippen LogP contribution is -2.40. The molecule has 0 spiro atoms. The topological polar surface area (TPSA) is 71.8 Å². The summed E-state index contributed by atoms with van der Waals surface area (Å²) in [4.78, 5) is 21.4. The Morgan fingerprint density at radius 2 is 2.07 bits per heavy atom. The zero-order valence-electron chi connectivity index (χ0n) is 15.4. The molecule has 3 aromatic rings. The minimum Gasteiger partial charge on any atom is -0.350 e. The summed E-state index contributed by atoms with van der Waals surface area (Å²) in [6.07, 6.45) is 8.24. The highest BCUT2D eigenvalue weighted by molar-refractivity contribution is 5.96. The van der Waals surface area contributed by atoms with E-state index in [1.807, 2.05) is 28.8 Å². The van der Waals surface area contributed by atoms with Crippen LogP contribution < -0.4 is 10.6 Å². The molecule has 1 fully saturated rings. The molecule has 0 bridgehead atoms. The van der Waals surface area contributed by atoms with E-state index in [4.69, 9.17) is 0 Å². The van der Waals surface area contributed by atoms with E-state index in [0.29, 0.717) is 24.7 Å². The number of carbonyl (C=O) groups is 1. The Kier molecular flexibility index (Phi) is 5.44. The molecule has 140 valence electrons. The van der Waals surface area contributed by atoms with Crippen molar-refractivity contribution in [3.05, 3.63) is 60.0 Å². The van der Waals surface area contributed by atoms with Gasteiger partial charge in [0.15, 0.2) is 5.65 Å². The number of amides is 1. The predicted molar refractivity (Wildman–Crippen MR) is 106 cm³/mol. The molecule has 0 radical (unpaired) electrons. The van der Waals surface area contributed by atoms with Crippen molar-refractivity contribution in [2.75, 3.05) is 13.1 Å². The number of rotatable bonds is 5. The zero-order valence-corrected chi connectivity index (χ0v) is 15.4. The molecule has 1 unspecified atom stereocenters. The van der Waals surface area contributed by atoms with Crippen molar-refractivity contribution in [1.82, 2.24) is 25.2 Å². The van der Waals surface area contributed by atoms with E-state index in [2.05, 4.69) is 32.7 Å². The maximum absolute atomic E-state index is 12.5. The van der Waals surface area contributed by atoms with Crippen LogP contribution in [0.5, 0.6) is 0 Å². The summed E-state index contributed by atoms with van der Waals surface area (Å²) in [5.74, 6) is -0.0898. The van der Waals surface area contributed by atoms with Gasteiger partial charge in [-0.05, 0) is 31.0 Å². The highest BCUT2D eigenvalue weighted by Crippen LogP contribution is 2.14. The van der Waals surface area contributed by atoms with Gasteiger partial charge in [0.05, 0.1) is 18.4 Å². The van der Waals surface area contributed by atoms with E-state index in [0.717, 1.165) is 24.1 Å². The average Bonchev–Trinajstić information content (AvgIpc) is 2.92. The van der Waals surface area contributed by atoms with Crippen LogP contribution in [0.15, 0.2) is 48.9 Å². The van der Waals surface area contributed by atoms with Crippen LogP contribution in [0.25, 0.3) is 11.2 Å². The molecule has 1 atom stereocenters. The molecule has 2 aromatic heterocycles. The number of fused-ring (bicyclic) bond motifs is 1. The highest BCUT2D eigenvalue weighted by atomic mass is 16.1. The number of hydrogen-bond acceptors (Lipinski definition) is 4.